The monoisotopic (exact) mass is 269 g/mol. The van der Waals surface area contributed by atoms with E-state index in [0.717, 1.165) is 36.1 Å². The standard InChI is InChI=1S/C11H16BrN3/c12-9-1-2-10(15-7-9)11(13)8-3-5-14-6-4-8/h1-2,7-8,11,14H,3-6,13H2/t11-/m1/s1. The van der Waals surface area contributed by atoms with E-state index in [1.54, 1.807) is 0 Å². The molecule has 0 saturated carbocycles. The van der Waals surface area contributed by atoms with Crippen molar-refractivity contribution in [2.45, 2.75) is 18.9 Å². The molecule has 1 saturated heterocycles. The molecule has 1 aliphatic heterocycles. The highest BCUT2D eigenvalue weighted by atomic mass is 79.9. The molecule has 1 fully saturated rings. The van der Waals surface area contributed by atoms with Crippen LogP contribution >= 0.6 is 15.9 Å². The first-order valence-electron chi connectivity index (χ1n) is 5.35. The fraction of sp³-hybridized carbons (Fsp3) is 0.545. The van der Waals surface area contributed by atoms with Crippen molar-refractivity contribution in [3.63, 3.8) is 0 Å². The predicted octanol–water partition coefficient (Wildman–Crippen LogP) is 1.84. The molecule has 0 aromatic carbocycles. The zero-order valence-electron chi connectivity index (χ0n) is 8.62. The number of pyridine rings is 1. The van der Waals surface area contributed by atoms with Crippen molar-refractivity contribution in [1.29, 1.82) is 0 Å². The third-order valence-electron chi connectivity index (χ3n) is 2.98. The molecule has 0 bridgehead atoms. The lowest BCUT2D eigenvalue weighted by Gasteiger charge is -2.27. The van der Waals surface area contributed by atoms with Gasteiger partial charge in [0.2, 0.25) is 0 Å². The van der Waals surface area contributed by atoms with Crippen molar-refractivity contribution in [1.82, 2.24) is 10.3 Å². The average molecular weight is 270 g/mol. The van der Waals surface area contributed by atoms with Crippen molar-refractivity contribution in [3.8, 4) is 0 Å². The minimum absolute atomic E-state index is 0.0835. The summed E-state index contributed by atoms with van der Waals surface area (Å²) in [6.07, 6.45) is 4.12. The van der Waals surface area contributed by atoms with E-state index >= 15 is 0 Å². The van der Waals surface area contributed by atoms with Crippen molar-refractivity contribution in [2.75, 3.05) is 13.1 Å². The van der Waals surface area contributed by atoms with Crippen LogP contribution in [0.15, 0.2) is 22.8 Å². The Bertz CT molecular complexity index is 306. The molecule has 0 unspecified atom stereocenters. The maximum Gasteiger partial charge on any atom is 0.0574 e. The zero-order chi connectivity index (χ0) is 10.7. The molecule has 1 aromatic heterocycles. The summed E-state index contributed by atoms with van der Waals surface area (Å²) in [5.74, 6) is 0.569. The second-order valence-corrected chi connectivity index (χ2v) is 4.93. The second kappa shape index (κ2) is 5.05. The number of rotatable bonds is 2. The number of nitrogens with two attached hydrogens (primary N) is 1. The van der Waals surface area contributed by atoms with Gasteiger partial charge in [0.15, 0.2) is 0 Å². The van der Waals surface area contributed by atoms with E-state index in [9.17, 15) is 0 Å². The normalized spacial score (nSPS) is 20.1. The Labute approximate surface area is 98.6 Å². The van der Waals surface area contributed by atoms with E-state index in [4.69, 9.17) is 5.73 Å². The van der Waals surface area contributed by atoms with Gasteiger partial charge in [0.1, 0.15) is 0 Å². The summed E-state index contributed by atoms with van der Waals surface area (Å²) in [5.41, 5.74) is 7.22. The highest BCUT2D eigenvalue weighted by molar-refractivity contribution is 9.10. The summed E-state index contributed by atoms with van der Waals surface area (Å²) < 4.78 is 1.00. The van der Waals surface area contributed by atoms with E-state index in [2.05, 4.69) is 26.2 Å². The molecular weight excluding hydrogens is 254 g/mol. The van der Waals surface area contributed by atoms with Crippen LogP contribution in [0.2, 0.25) is 0 Å². The fourth-order valence-corrected chi connectivity index (χ4v) is 2.26. The zero-order valence-corrected chi connectivity index (χ0v) is 10.2. The van der Waals surface area contributed by atoms with Crippen LogP contribution in [0.4, 0.5) is 0 Å². The van der Waals surface area contributed by atoms with Gasteiger partial charge in [-0.25, -0.2) is 0 Å². The summed E-state index contributed by atoms with van der Waals surface area (Å²) >= 11 is 3.38. The number of nitrogens with one attached hydrogen (secondary N) is 1. The Morgan fingerprint density at radius 2 is 2.13 bits per heavy atom. The first kappa shape index (κ1) is 11.0. The molecule has 3 nitrogen and oxygen atoms in total. The van der Waals surface area contributed by atoms with Gasteiger partial charge in [0.05, 0.1) is 5.69 Å². The van der Waals surface area contributed by atoms with E-state index < -0.39 is 0 Å². The summed E-state index contributed by atoms with van der Waals surface area (Å²) in [4.78, 5) is 4.36. The van der Waals surface area contributed by atoms with Crippen molar-refractivity contribution in [3.05, 3.63) is 28.5 Å². The van der Waals surface area contributed by atoms with Crippen LogP contribution in [-0.4, -0.2) is 18.1 Å². The van der Waals surface area contributed by atoms with Gasteiger partial charge in [0, 0.05) is 16.7 Å². The molecular formula is C11H16BrN3. The smallest absolute Gasteiger partial charge is 0.0574 e. The number of halogens is 1. The fourth-order valence-electron chi connectivity index (χ4n) is 2.03. The van der Waals surface area contributed by atoms with Gasteiger partial charge in [-0.3, -0.25) is 4.98 Å². The first-order chi connectivity index (χ1) is 7.27. The number of aromatic nitrogens is 1. The Morgan fingerprint density at radius 1 is 1.40 bits per heavy atom. The van der Waals surface area contributed by atoms with Crippen LogP contribution in [0.3, 0.4) is 0 Å². The lowest BCUT2D eigenvalue weighted by atomic mass is 9.89. The molecule has 82 valence electrons. The molecule has 15 heavy (non-hydrogen) atoms. The van der Waals surface area contributed by atoms with Gasteiger partial charge in [0.25, 0.3) is 0 Å². The second-order valence-electron chi connectivity index (χ2n) is 4.01. The van der Waals surface area contributed by atoms with E-state index in [1.165, 1.54) is 0 Å². The molecule has 0 radical (unpaired) electrons. The highest BCUT2D eigenvalue weighted by Crippen LogP contribution is 2.25. The third kappa shape index (κ3) is 2.77. The molecule has 1 aliphatic rings. The quantitative estimate of drug-likeness (QED) is 0.862. The van der Waals surface area contributed by atoms with Gasteiger partial charge >= 0.3 is 0 Å². The first-order valence-corrected chi connectivity index (χ1v) is 6.14. The van der Waals surface area contributed by atoms with Crippen LogP contribution in [0.1, 0.15) is 24.6 Å². The van der Waals surface area contributed by atoms with Crippen molar-refractivity contribution < 1.29 is 0 Å². The summed E-state index contributed by atoms with van der Waals surface area (Å²) in [7, 11) is 0. The summed E-state index contributed by atoms with van der Waals surface area (Å²) in [6, 6.07) is 4.10. The molecule has 4 heteroatoms. The Hall–Kier alpha value is -0.450. The Kier molecular flexibility index (Phi) is 3.72. The molecule has 2 heterocycles. The largest absolute Gasteiger partial charge is 0.322 e. The topological polar surface area (TPSA) is 50.9 Å². The minimum Gasteiger partial charge on any atom is -0.322 e. The molecule has 0 amide bonds. The highest BCUT2D eigenvalue weighted by Gasteiger charge is 2.22. The molecule has 3 N–H and O–H groups in total. The van der Waals surface area contributed by atoms with Gasteiger partial charge in [-0.05, 0) is 59.9 Å². The summed E-state index contributed by atoms with van der Waals surface area (Å²) in [6.45, 7) is 2.16. The average Bonchev–Trinajstić information content (AvgIpc) is 2.30. The van der Waals surface area contributed by atoms with Crippen LogP contribution in [0, 0.1) is 5.92 Å². The van der Waals surface area contributed by atoms with Gasteiger partial charge in [-0.1, -0.05) is 0 Å². The van der Waals surface area contributed by atoms with Gasteiger partial charge < -0.3 is 11.1 Å². The lowest BCUT2D eigenvalue weighted by molar-refractivity contribution is 0.318. The van der Waals surface area contributed by atoms with Crippen molar-refractivity contribution >= 4 is 15.9 Å². The predicted molar refractivity (Wildman–Crippen MR) is 64.5 cm³/mol. The molecule has 0 spiro atoms. The lowest BCUT2D eigenvalue weighted by Crippen LogP contribution is -2.34. The molecule has 1 atom stereocenters. The van der Waals surface area contributed by atoms with Crippen LogP contribution < -0.4 is 11.1 Å². The summed E-state index contributed by atoms with van der Waals surface area (Å²) in [5, 5.41) is 3.35. The number of nitrogens with zero attached hydrogens (tertiary/aromatic N) is 1. The Balaban J connectivity index is 2.05. The van der Waals surface area contributed by atoms with Crippen LogP contribution in [0.5, 0.6) is 0 Å². The maximum atomic E-state index is 6.21. The number of piperidine rings is 1. The van der Waals surface area contributed by atoms with Crippen LogP contribution in [-0.2, 0) is 0 Å². The third-order valence-corrected chi connectivity index (χ3v) is 3.45. The van der Waals surface area contributed by atoms with Crippen molar-refractivity contribution in [2.24, 2.45) is 11.7 Å². The maximum absolute atomic E-state index is 6.21. The molecule has 1 aromatic rings. The SMILES string of the molecule is N[C@@H](c1ccc(Br)cn1)C1CCNCC1. The van der Waals surface area contributed by atoms with E-state index in [-0.39, 0.29) is 6.04 Å². The molecule has 0 aliphatic carbocycles. The number of hydrogen-bond acceptors (Lipinski definition) is 3. The van der Waals surface area contributed by atoms with Crippen LogP contribution in [0.25, 0.3) is 0 Å². The number of hydrogen-bond donors (Lipinski definition) is 2. The van der Waals surface area contributed by atoms with Gasteiger partial charge in [-0.2, -0.15) is 0 Å². The minimum atomic E-state index is 0.0835. The molecule has 2 rings (SSSR count). The van der Waals surface area contributed by atoms with E-state index in [0.29, 0.717) is 5.92 Å². The van der Waals surface area contributed by atoms with E-state index in [1.807, 2.05) is 18.3 Å². The Morgan fingerprint density at radius 3 is 2.73 bits per heavy atom. The van der Waals surface area contributed by atoms with Gasteiger partial charge in [-0.15, -0.1) is 0 Å².